The van der Waals surface area contributed by atoms with Gasteiger partial charge in [-0.1, -0.05) is 11.6 Å². The Morgan fingerprint density at radius 3 is 2.40 bits per heavy atom. The second kappa shape index (κ2) is 2.42. The van der Waals surface area contributed by atoms with Crippen LogP contribution in [0.1, 0.15) is 0 Å². The summed E-state index contributed by atoms with van der Waals surface area (Å²) >= 11 is 5.22. The van der Waals surface area contributed by atoms with Gasteiger partial charge in [0.2, 0.25) is 0 Å². The van der Waals surface area contributed by atoms with Crippen molar-refractivity contribution in [2.24, 2.45) is 0 Å². The Bertz CT molecular complexity index is 239. The van der Waals surface area contributed by atoms with E-state index in [1.807, 2.05) is 0 Å². The van der Waals surface area contributed by atoms with Crippen LogP contribution >= 0.6 is 11.6 Å². The molecule has 0 unspecified atom stereocenters. The van der Waals surface area contributed by atoms with Crippen LogP contribution in [0.3, 0.4) is 0 Å². The molecule has 0 aliphatic rings. The highest BCUT2D eigenvalue weighted by Crippen LogP contribution is 2.20. The lowest BCUT2D eigenvalue weighted by molar-refractivity contribution is 0.509. The minimum Gasteiger partial charge on any atom is -0.399 e. The molecular formula is C6H4ClF2N. The summed E-state index contributed by atoms with van der Waals surface area (Å²) in [5, 5.41) is -0.294. The first-order chi connectivity index (χ1) is 4.61. The summed E-state index contributed by atoms with van der Waals surface area (Å²) in [5.41, 5.74) is 5.25. The lowest BCUT2D eigenvalue weighted by Gasteiger charge is -1.96. The number of rotatable bonds is 0. The van der Waals surface area contributed by atoms with Gasteiger partial charge in [0.15, 0.2) is 11.6 Å². The average molecular weight is 164 g/mol. The Morgan fingerprint density at radius 2 is 1.90 bits per heavy atom. The fourth-order valence-electron chi connectivity index (χ4n) is 0.575. The summed E-state index contributed by atoms with van der Waals surface area (Å²) in [6.45, 7) is 0. The SMILES string of the molecule is Nc1cc(F)c(F)c(Cl)c1. The molecule has 0 saturated heterocycles. The maximum absolute atomic E-state index is 12.3. The number of nitrogen functional groups attached to an aromatic ring is 1. The molecule has 1 aromatic carbocycles. The first kappa shape index (κ1) is 7.28. The van der Waals surface area contributed by atoms with Crippen molar-refractivity contribution in [3.63, 3.8) is 0 Å². The standard InChI is InChI=1S/C6H4ClF2N/c7-4-1-3(10)2-5(8)6(4)9/h1-2H,10H2. The zero-order chi connectivity index (χ0) is 7.72. The van der Waals surface area contributed by atoms with Crippen molar-refractivity contribution in [1.82, 2.24) is 0 Å². The van der Waals surface area contributed by atoms with Crippen LogP contribution in [0.15, 0.2) is 12.1 Å². The van der Waals surface area contributed by atoms with Gasteiger partial charge in [-0.25, -0.2) is 8.78 Å². The summed E-state index contributed by atoms with van der Waals surface area (Å²) in [5.74, 6) is -2.08. The van der Waals surface area contributed by atoms with E-state index in [2.05, 4.69) is 0 Å². The third kappa shape index (κ3) is 1.19. The van der Waals surface area contributed by atoms with E-state index in [4.69, 9.17) is 17.3 Å². The molecule has 54 valence electrons. The van der Waals surface area contributed by atoms with E-state index in [9.17, 15) is 8.78 Å². The molecule has 0 radical (unpaired) electrons. The molecule has 0 aromatic heterocycles. The van der Waals surface area contributed by atoms with E-state index in [-0.39, 0.29) is 10.7 Å². The molecule has 1 nitrogen and oxygen atoms in total. The van der Waals surface area contributed by atoms with Gasteiger partial charge in [0.1, 0.15) is 0 Å². The second-order valence-corrected chi connectivity index (χ2v) is 2.21. The molecule has 1 aromatic rings. The highest BCUT2D eigenvalue weighted by Gasteiger charge is 2.06. The normalized spacial score (nSPS) is 9.90. The van der Waals surface area contributed by atoms with Gasteiger partial charge in [0.25, 0.3) is 0 Å². The zero-order valence-corrected chi connectivity index (χ0v) is 5.62. The van der Waals surface area contributed by atoms with Crippen molar-refractivity contribution in [1.29, 1.82) is 0 Å². The third-order valence-electron chi connectivity index (χ3n) is 1.01. The van der Waals surface area contributed by atoms with Crippen molar-refractivity contribution in [2.75, 3.05) is 5.73 Å². The average Bonchev–Trinajstić information content (AvgIpc) is 1.82. The predicted molar refractivity (Wildman–Crippen MR) is 35.8 cm³/mol. The Morgan fingerprint density at radius 1 is 1.30 bits per heavy atom. The van der Waals surface area contributed by atoms with Crippen LogP contribution in [-0.2, 0) is 0 Å². The van der Waals surface area contributed by atoms with E-state index in [0.717, 1.165) is 12.1 Å². The minimum atomic E-state index is -1.06. The number of nitrogens with two attached hydrogens (primary N) is 1. The van der Waals surface area contributed by atoms with Gasteiger partial charge < -0.3 is 5.73 Å². The summed E-state index contributed by atoms with van der Waals surface area (Å²) in [4.78, 5) is 0. The van der Waals surface area contributed by atoms with E-state index in [0.29, 0.717) is 0 Å². The largest absolute Gasteiger partial charge is 0.399 e. The molecule has 0 saturated carbocycles. The molecule has 0 aliphatic carbocycles. The fraction of sp³-hybridized carbons (Fsp3) is 0. The molecule has 0 fully saturated rings. The van der Waals surface area contributed by atoms with Gasteiger partial charge in [-0.2, -0.15) is 0 Å². The predicted octanol–water partition coefficient (Wildman–Crippen LogP) is 2.20. The van der Waals surface area contributed by atoms with Gasteiger partial charge in [-0.05, 0) is 12.1 Å². The quantitative estimate of drug-likeness (QED) is 0.461. The topological polar surface area (TPSA) is 26.0 Å². The van der Waals surface area contributed by atoms with Crippen LogP contribution in [0.5, 0.6) is 0 Å². The molecule has 0 atom stereocenters. The molecule has 4 heteroatoms. The number of hydrogen-bond acceptors (Lipinski definition) is 1. The van der Waals surface area contributed by atoms with Gasteiger partial charge >= 0.3 is 0 Å². The zero-order valence-electron chi connectivity index (χ0n) is 4.87. The second-order valence-electron chi connectivity index (χ2n) is 1.80. The molecule has 1 rings (SSSR count). The molecule has 0 heterocycles. The van der Waals surface area contributed by atoms with E-state index >= 15 is 0 Å². The Balaban J connectivity index is 3.31. The number of halogens is 3. The van der Waals surface area contributed by atoms with E-state index in [1.165, 1.54) is 0 Å². The lowest BCUT2D eigenvalue weighted by Crippen LogP contribution is -1.90. The van der Waals surface area contributed by atoms with Crippen LogP contribution < -0.4 is 5.73 Å². The van der Waals surface area contributed by atoms with Crippen LogP contribution in [-0.4, -0.2) is 0 Å². The summed E-state index contributed by atoms with van der Waals surface area (Å²) in [7, 11) is 0. The van der Waals surface area contributed by atoms with Crippen LogP contribution in [0.2, 0.25) is 5.02 Å². The monoisotopic (exact) mass is 163 g/mol. The van der Waals surface area contributed by atoms with Crippen LogP contribution in [0, 0.1) is 11.6 Å². The highest BCUT2D eigenvalue weighted by atomic mass is 35.5. The summed E-state index contributed by atoms with van der Waals surface area (Å²) in [6.07, 6.45) is 0. The molecule has 0 bridgehead atoms. The van der Waals surface area contributed by atoms with Crippen molar-refractivity contribution < 1.29 is 8.78 Å². The summed E-state index contributed by atoms with van der Waals surface area (Å²) in [6, 6.07) is 2.03. The first-order valence-electron chi connectivity index (χ1n) is 2.51. The van der Waals surface area contributed by atoms with Gasteiger partial charge in [0, 0.05) is 5.69 Å². The van der Waals surface area contributed by atoms with Gasteiger partial charge in [-0.15, -0.1) is 0 Å². The minimum absolute atomic E-state index is 0.115. The maximum atomic E-state index is 12.3. The lowest BCUT2D eigenvalue weighted by atomic mass is 10.3. The van der Waals surface area contributed by atoms with Crippen molar-refractivity contribution in [3.8, 4) is 0 Å². The van der Waals surface area contributed by atoms with Crippen molar-refractivity contribution in [2.45, 2.75) is 0 Å². The number of hydrogen-bond donors (Lipinski definition) is 1. The van der Waals surface area contributed by atoms with E-state index in [1.54, 1.807) is 0 Å². The van der Waals surface area contributed by atoms with Crippen molar-refractivity contribution in [3.05, 3.63) is 28.8 Å². The maximum Gasteiger partial charge on any atom is 0.177 e. The third-order valence-corrected chi connectivity index (χ3v) is 1.28. The van der Waals surface area contributed by atoms with Gasteiger partial charge in [0.05, 0.1) is 5.02 Å². The Labute approximate surface area is 61.4 Å². The number of anilines is 1. The molecular weight excluding hydrogens is 160 g/mol. The van der Waals surface area contributed by atoms with Gasteiger partial charge in [-0.3, -0.25) is 0 Å². The molecule has 0 amide bonds. The smallest absolute Gasteiger partial charge is 0.177 e. The molecule has 0 spiro atoms. The van der Waals surface area contributed by atoms with Crippen LogP contribution in [0.4, 0.5) is 14.5 Å². The molecule has 10 heavy (non-hydrogen) atoms. The van der Waals surface area contributed by atoms with E-state index < -0.39 is 11.6 Å². The Hall–Kier alpha value is -0.830. The van der Waals surface area contributed by atoms with Crippen molar-refractivity contribution >= 4 is 17.3 Å². The first-order valence-corrected chi connectivity index (χ1v) is 2.89. The molecule has 0 aliphatic heterocycles. The molecule has 2 N–H and O–H groups in total. The summed E-state index contributed by atoms with van der Waals surface area (Å²) < 4.78 is 24.6. The van der Waals surface area contributed by atoms with Crippen LogP contribution in [0.25, 0.3) is 0 Å². The fourth-order valence-corrected chi connectivity index (χ4v) is 0.791. The Kier molecular flexibility index (Phi) is 1.76. The number of benzene rings is 1. The highest BCUT2D eigenvalue weighted by molar-refractivity contribution is 6.31.